The molecule has 26 heavy (non-hydrogen) atoms. The van der Waals surface area contributed by atoms with Crippen LogP contribution in [0.1, 0.15) is 11.1 Å². The molecule has 0 aliphatic carbocycles. The maximum absolute atomic E-state index is 11.9. The lowest BCUT2D eigenvalue weighted by atomic mass is 10.1. The molecule has 0 bridgehead atoms. The standard InChI is InChI=1S/C18H17NO7/c20-13-4-1-10(8-15(13)22)3-6-17(24)19-12(18(25)26)7-11-2-5-14(21)16(23)9-11/h1-6,8-9,12,20-23H,7H2,(H,19,24)(H,25,26)/b6-3+/t12-/m1/s1. The first-order valence-corrected chi connectivity index (χ1v) is 7.50. The molecule has 8 nitrogen and oxygen atoms in total. The van der Waals surface area contributed by atoms with Crippen LogP contribution in [-0.2, 0) is 16.0 Å². The van der Waals surface area contributed by atoms with Crippen LogP contribution in [0.15, 0.2) is 42.5 Å². The Morgan fingerprint density at radius 2 is 1.54 bits per heavy atom. The summed E-state index contributed by atoms with van der Waals surface area (Å²) in [6.45, 7) is 0. The van der Waals surface area contributed by atoms with E-state index in [0.717, 1.165) is 6.08 Å². The molecule has 8 heteroatoms. The Kier molecular flexibility index (Phi) is 5.69. The Hall–Kier alpha value is -3.68. The summed E-state index contributed by atoms with van der Waals surface area (Å²) < 4.78 is 0. The van der Waals surface area contributed by atoms with Gasteiger partial charge in [0.15, 0.2) is 23.0 Å². The number of amides is 1. The van der Waals surface area contributed by atoms with Crippen LogP contribution in [0.25, 0.3) is 6.08 Å². The van der Waals surface area contributed by atoms with Gasteiger partial charge in [-0.15, -0.1) is 0 Å². The van der Waals surface area contributed by atoms with Gasteiger partial charge in [-0.25, -0.2) is 4.79 Å². The van der Waals surface area contributed by atoms with E-state index < -0.39 is 17.9 Å². The zero-order chi connectivity index (χ0) is 19.3. The summed E-state index contributed by atoms with van der Waals surface area (Å²) in [6, 6.07) is 6.59. The van der Waals surface area contributed by atoms with E-state index in [9.17, 15) is 35.1 Å². The number of carbonyl (C=O) groups excluding carboxylic acids is 1. The van der Waals surface area contributed by atoms with E-state index in [0.29, 0.717) is 11.1 Å². The highest BCUT2D eigenvalue weighted by Crippen LogP contribution is 2.26. The average molecular weight is 359 g/mol. The van der Waals surface area contributed by atoms with E-state index in [4.69, 9.17) is 0 Å². The Balaban J connectivity index is 2.05. The third-order valence-corrected chi connectivity index (χ3v) is 3.52. The summed E-state index contributed by atoms with van der Waals surface area (Å²) in [7, 11) is 0. The average Bonchev–Trinajstić information content (AvgIpc) is 2.58. The molecule has 0 radical (unpaired) electrons. The van der Waals surface area contributed by atoms with E-state index in [2.05, 4.69) is 5.32 Å². The van der Waals surface area contributed by atoms with Gasteiger partial charge < -0.3 is 30.8 Å². The molecule has 0 aromatic heterocycles. The van der Waals surface area contributed by atoms with E-state index in [1.54, 1.807) is 0 Å². The van der Waals surface area contributed by atoms with Gasteiger partial charge in [-0.1, -0.05) is 12.1 Å². The van der Waals surface area contributed by atoms with Crippen LogP contribution in [0.5, 0.6) is 23.0 Å². The molecule has 1 amide bonds. The lowest BCUT2D eigenvalue weighted by Gasteiger charge is -2.13. The molecule has 2 rings (SSSR count). The minimum atomic E-state index is -1.26. The number of rotatable bonds is 6. The van der Waals surface area contributed by atoms with Gasteiger partial charge in [0.1, 0.15) is 6.04 Å². The molecule has 2 aromatic carbocycles. The van der Waals surface area contributed by atoms with Crippen molar-refractivity contribution >= 4 is 18.0 Å². The molecule has 6 N–H and O–H groups in total. The Bertz CT molecular complexity index is 861. The quantitative estimate of drug-likeness (QED) is 0.337. The SMILES string of the molecule is O=C(/C=C/c1ccc(O)c(O)c1)N[C@H](Cc1ccc(O)c(O)c1)C(=O)O. The molecular weight excluding hydrogens is 342 g/mol. The minimum Gasteiger partial charge on any atom is -0.504 e. The smallest absolute Gasteiger partial charge is 0.326 e. The van der Waals surface area contributed by atoms with Gasteiger partial charge in [-0.3, -0.25) is 4.79 Å². The highest BCUT2D eigenvalue weighted by molar-refractivity contribution is 5.94. The molecule has 0 heterocycles. The van der Waals surface area contributed by atoms with Gasteiger partial charge in [-0.05, 0) is 41.5 Å². The van der Waals surface area contributed by atoms with Crippen molar-refractivity contribution in [2.75, 3.05) is 0 Å². The van der Waals surface area contributed by atoms with Crippen LogP contribution in [0.3, 0.4) is 0 Å². The molecule has 1 atom stereocenters. The third kappa shape index (κ3) is 4.91. The number of hydrogen-bond donors (Lipinski definition) is 6. The van der Waals surface area contributed by atoms with Crippen molar-refractivity contribution in [3.05, 3.63) is 53.6 Å². The van der Waals surface area contributed by atoms with Gasteiger partial charge >= 0.3 is 5.97 Å². The lowest BCUT2D eigenvalue weighted by molar-refractivity contribution is -0.141. The fourth-order valence-corrected chi connectivity index (χ4v) is 2.17. The molecule has 0 fully saturated rings. The van der Waals surface area contributed by atoms with E-state index in [1.807, 2.05) is 0 Å². The van der Waals surface area contributed by atoms with Crippen molar-refractivity contribution in [2.24, 2.45) is 0 Å². The van der Waals surface area contributed by atoms with Crippen LogP contribution in [0.2, 0.25) is 0 Å². The predicted molar refractivity (Wildman–Crippen MR) is 91.8 cm³/mol. The number of hydrogen-bond acceptors (Lipinski definition) is 6. The number of phenols is 4. The molecule has 2 aromatic rings. The molecule has 0 spiro atoms. The van der Waals surface area contributed by atoms with Crippen LogP contribution in [0, 0.1) is 0 Å². The Morgan fingerprint density at radius 1 is 0.923 bits per heavy atom. The first-order chi connectivity index (χ1) is 12.3. The number of nitrogens with one attached hydrogen (secondary N) is 1. The first kappa shape index (κ1) is 18.7. The fourth-order valence-electron chi connectivity index (χ4n) is 2.17. The van der Waals surface area contributed by atoms with Crippen molar-refractivity contribution in [1.29, 1.82) is 0 Å². The van der Waals surface area contributed by atoms with Gasteiger partial charge in [0.05, 0.1) is 0 Å². The van der Waals surface area contributed by atoms with Crippen LogP contribution < -0.4 is 5.32 Å². The number of aliphatic carboxylic acids is 1. The maximum Gasteiger partial charge on any atom is 0.326 e. The van der Waals surface area contributed by atoms with Crippen molar-refractivity contribution < 1.29 is 35.1 Å². The third-order valence-electron chi connectivity index (χ3n) is 3.52. The number of aromatic hydroxyl groups is 4. The van der Waals surface area contributed by atoms with Gasteiger partial charge in [0.2, 0.25) is 5.91 Å². The van der Waals surface area contributed by atoms with Gasteiger partial charge in [0.25, 0.3) is 0 Å². The zero-order valence-corrected chi connectivity index (χ0v) is 13.5. The van der Waals surface area contributed by atoms with Crippen molar-refractivity contribution in [3.8, 4) is 23.0 Å². The molecule has 0 saturated carbocycles. The second-order valence-electron chi connectivity index (χ2n) is 5.51. The van der Waals surface area contributed by atoms with Crippen molar-refractivity contribution in [1.82, 2.24) is 5.32 Å². The van der Waals surface area contributed by atoms with Crippen LogP contribution >= 0.6 is 0 Å². The number of carboxylic acids is 1. The monoisotopic (exact) mass is 359 g/mol. The lowest BCUT2D eigenvalue weighted by Crippen LogP contribution is -2.41. The maximum atomic E-state index is 11.9. The number of phenolic OH excluding ortho intramolecular Hbond substituents is 4. The highest BCUT2D eigenvalue weighted by Gasteiger charge is 2.20. The fraction of sp³-hybridized carbons (Fsp3) is 0.111. The highest BCUT2D eigenvalue weighted by atomic mass is 16.4. The number of carboxylic acid groups (broad SMARTS) is 1. The second kappa shape index (κ2) is 7.93. The molecule has 0 aliphatic rings. The van der Waals surface area contributed by atoms with E-state index in [-0.39, 0.29) is 29.4 Å². The summed E-state index contributed by atoms with van der Waals surface area (Å²) >= 11 is 0. The molecule has 0 unspecified atom stereocenters. The molecule has 0 aliphatic heterocycles. The number of benzene rings is 2. The second-order valence-corrected chi connectivity index (χ2v) is 5.51. The van der Waals surface area contributed by atoms with Gasteiger partial charge in [0, 0.05) is 12.5 Å². The van der Waals surface area contributed by atoms with Crippen LogP contribution in [-0.4, -0.2) is 43.5 Å². The normalized spacial score (nSPS) is 12.0. The largest absolute Gasteiger partial charge is 0.504 e. The van der Waals surface area contributed by atoms with Crippen molar-refractivity contribution in [2.45, 2.75) is 12.5 Å². The van der Waals surface area contributed by atoms with Crippen molar-refractivity contribution in [3.63, 3.8) is 0 Å². The molecule has 136 valence electrons. The summed E-state index contributed by atoms with van der Waals surface area (Å²) in [4.78, 5) is 23.3. The first-order valence-electron chi connectivity index (χ1n) is 7.50. The van der Waals surface area contributed by atoms with Crippen LogP contribution in [0.4, 0.5) is 0 Å². The topological polar surface area (TPSA) is 147 Å². The zero-order valence-electron chi connectivity index (χ0n) is 13.5. The Labute approximate surface area is 148 Å². The summed E-state index contributed by atoms with van der Waals surface area (Å²) in [5.74, 6) is -3.29. The summed E-state index contributed by atoms with van der Waals surface area (Å²) in [6.07, 6.45) is 2.35. The minimum absolute atomic E-state index is 0.0945. The summed E-state index contributed by atoms with van der Waals surface area (Å²) in [5, 5.41) is 48.9. The van der Waals surface area contributed by atoms with E-state index >= 15 is 0 Å². The summed E-state index contributed by atoms with van der Waals surface area (Å²) in [5.41, 5.74) is 0.853. The number of carbonyl (C=O) groups is 2. The molecular formula is C18H17NO7. The Morgan fingerprint density at radius 3 is 2.12 bits per heavy atom. The predicted octanol–water partition coefficient (Wildman–Crippen LogP) is 1.33. The van der Waals surface area contributed by atoms with Gasteiger partial charge in [-0.2, -0.15) is 0 Å². The van der Waals surface area contributed by atoms with E-state index in [1.165, 1.54) is 42.5 Å². The molecule has 0 saturated heterocycles.